The van der Waals surface area contributed by atoms with Crippen molar-refractivity contribution in [1.29, 1.82) is 0 Å². The van der Waals surface area contributed by atoms with Crippen molar-refractivity contribution in [2.75, 3.05) is 5.73 Å². The molecule has 1 atom stereocenters. The number of aliphatic hydroxyl groups excluding tert-OH is 1. The predicted octanol–water partition coefficient (Wildman–Crippen LogP) is 2.57. The van der Waals surface area contributed by atoms with Crippen LogP contribution in [0.1, 0.15) is 16.5 Å². The first-order valence-electron chi connectivity index (χ1n) is 4.32. The van der Waals surface area contributed by atoms with Gasteiger partial charge in [0.1, 0.15) is 11.9 Å². The summed E-state index contributed by atoms with van der Waals surface area (Å²) < 4.78 is 0.985. The van der Waals surface area contributed by atoms with Crippen molar-refractivity contribution >= 4 is 33.1 Å². The number of pyridine rings is 1. The van der Waals surface area contributed by atoms with E-state index in [0.29, 0.717) is 11.4 Å². The molecular weight excluding hydrogens is 276 g/mol. The van der Waals surface area contributed by atoms with E-state index in [1.165, 1.54) is 11.3 Å². The summed E-state index contributed by atoms with van der Waals surface area (Å²) >= 11 is 4.83. The molecular formula is C10H9BrN2OS. The van der Waals surface area contributed by atoms with Crippen LogP contribution in [0.4, 0.5) is 5.82 Å². The molecule has 0 aliphatic heterocycles. The van der Waals surface area contributed by atoms with Crippen molar-refractivity contribution in [3.63, 3.8) is 0 Å². The molecule has 0 aromatic carbocycles. The van der Waals surface area contributed by atoms with E-state index in [-0.39, 0.29) is 0 Å². The van der Waals surface area contributed by atoms with Gasteiger partial charge in [0.25, 0.3) is 0 Å². The molecule has 0 bridgehead atoms. The summed E-state index contributed by atoms with van der Waals surface area (Å²) in [5, 5.41) is 10.1. The van der Waals surface area contributed by atoms with Crippen LogP contribution in [0.5, 0.6) is 0 Å². The maximum atomic E-state index is 10.1. The Morgan fingerprint density at radius 1 is 1.40 bits per heavy atom. The minimum absolute atomic E-state index is 0.370. The van der Waals surface area contributed by atoms with E-state index in [1.807, 2.05) is 12.1 Å². The minimum Gasteiger partial charge on any atom is -0.383 e. The number of nitrogens with zero attached hydrogens (tertiary/aromatic N) is 1. The van der Waals surface area contributed by atoms with Gasteiger partial charge in [-0.15, -0.1) is 11.3 Å². The summed E-state index contributed by atoms with van der Waals surface area (Å²) in [4.78, 5) is 4.79. The van der Waals surface area contributed by atoms with E-state index in [0.717, 1.165) is 8.66 Å². The second-order valence-electron chi connectivity index (χ2n) is 3.02. The second-order valence-corrected chi connectivity index (χ2v) is 5.52. The molecule has 2 rings (SSSR count). The molecule has 0 aliphatic carbocycles. The van der Waals surface area contributed by atoms with Gasteiger partial charge in [-0.3, -0.25) is 0 Å². The highest BCUT2D eigenvalue weighted by molar-refractivity contribution is 9.11. The lowest BCUT2D eigenvalue weighted by molar-refractivity contribution is 0.224. The molecule has 2 aromatic rings. The quantitative estimate of drug-likeness (QED) is 0.891. The van der Waals surface area contributed by atoms with Gasteiger partial charge in [0.05, 0.1) is 3.79 Å². The first-order chi connectivity index (χ1) is 7.18. The molecule has 0 saturated carbocycles. The number of anilines is 1. The molecule has 78 valence electrons. The lowest BCUT2D eigenvalue weighted by Crippen LogP contribution is -2.03. The monoisotopic (exact) mass is 284 g/mol. The third kappa shape index (κ3) is 2.19. The molecule has 0 aliphatic rings. The highest BCUT2D eigenvalue weighted by atomic mass is 79.9. The van der Waals surface area contributed by atoms with E-state index in [1.54, 1.807) is 18.3 Å². The average molecular weight is 285 g/mol. The molecule has 3 nitrogen and oxygen atoms in total. The number of nitrogens with two attached hydrogens (primary N) is 1. The van der Waals surface area contributed by atoms with Crippen LogP contribution in [0.2, 0.25) is 0 Å². The van der Waals surface area contributed by atoms with Crippen LogP contribution in [0, 0.1) is 0 Å². The van der Waals surface area contributed by atoms with Crippen LogP contribution in [0.3, 0.4) is 0 Å². The van der Waals surface area contributed by atoms with Gasteiger partial charge in [0, 0.05) is 16.6 Å². The molecule has 15 heavy (non-hydrogen) atoms. The Morgan fingerprint density at radius 3 is 2.80 bits per heavy atom. The molecule has 0 fully saturated rings. The van der Waals surface area contributed by atoms with Gasteiger partial charge >= 0.3 is 0 Å². The average Bonchev–Trinajstić information content (AvgIpc) is 2.65. The Labute approximate surface area is 99.7 Å². The molecule has 0 radical (unpaired) electrons. The first kappa shape index (κ1) is 10.6. The van der Waals surface area contributed by atoms with E-state index in [2.05, 4.69) is 20.9 Å². The maximum absolute atomic E-state index is 10.1. The standard InChI is InChI=1S/C10H9BrN2OS/c11-8-4-3-7(15-8)9(14)6-2-1-5-13-10(6)12/h1-5,9,14H,(H2,12,13). The smallest absolute Gasteiger partial charge is 0.129 e. The van der Waals surface area contributed by atoms with Crippen LogP contribution < -0.4 is 5.73 Å². The number of hydrogen-bond donors (Lipinski definition) is 2. The molecule has 5 heteroatoms. The largest absolute Gasteiger partial charge is 0.383 e. The van der Waals surface area contributed by atoms with Gasteiger partial charge in [-0.05, 0) is 34.1 Å². The zero-order chi connectivity index (χ0) is 10.8. The fourth-order valence-electron chi connectivity index (χ4n) is 1.29. The van der Waals surface area contributed by atoms with Gasteiger partial charge in [0.15, 0.2) is 0 Å². The van der Waals surface area contributed by atoms with Gasteiger partial charge in [-0.2, -0.15) is 0 Å². The Balaban J connectivity index is 2.36. The van der Waals surface area contributed by atoms with Crippen LogP contribution in [-0.2, 0) is 0 Å². The Morgan fingerprint density at radius 2 is 2.20 bits per heavy atom. The number of nitrogen functional groups attached to an aromatic ring is 1. The number of rotatable bonds is 2. The van der Waals surface area contributed by atoms with Crippen molar-refractivity contribution in [1.82, 2.24) is 4.98 Å². The van der Waals surface area contributed by atoms with Crippen LogP contribution in [-0.4, -0.2) is 10.1 Å². The Hall–Kier alpha value is -0.910. The molecule has 0 amide bonds. The van der Waals surface area contributed by atoms with Gasteiger partial charge < -0.3 is 10.8 Å². The van der Waals surface area contributed by atoms with E-state index in [4.69, 9.17) is 5.73 Å². The topological polar surface area (TPSA) is 59.1 Å². The third-order valence-corrected chi connectivity index (χ3v) is 3.71. The van der Waals surface area contributed by atoms with E-state index >= 15 is 0 Å². The molecule has 0 spiro atoms. The van der Waals surface area contributed by atoms with Crippen molar-refractivity contribution < 1.29 is 5.11 Å². The number of aliphatic hydroxyl groups is 1. The molecule has 3 N–H and O–H groups in total. The molecule has 2 aromatic heterocycles. The molecule has 0 saturated heterocycles. The highest BCUT2D eigenvalue weighted by Crippen LogP contribution is 2.32. The number of aromatic nitrogens is 1. The van der Waals surface area contributed by atoms with Gasteiger partial charge in [-0.25, -0.2) is 4.98 Å². The van der Waals surface area contributed by atoms with Crippen molar-refractivity contribution in [3.05, 3.63) is 44.7 Å². The maximum Gasteiger partial charge on any atom is 0.129 e. The summed E-state index contributed by atoms with van der Waals surface area (Å²) in [6, 6.07) is 7.31. The third-order valence-electron chi connectivity index (χ3n) is 2.03. The number of thiophene rings is 1. The van der Waals surface area contributed by atoms with Crippen molar-refractivity contribution in [3.8, 4) is 0 Å². The zero-order valence-electron chi connectivity index (χ0n) is 7.72. The molecule has 1 unspecified atom stereocenters. The highest BCUT2D eigenvalue weighted by Gasteiger charge is 2.15. The van der Waals surface area contributed by atoms with Crippen LogP contribution in [0.25, 0.3) is 0 Å². The van der Waals surface area contributed by atoms with Crippen molar-refractivity contribution in [2.24, 2.45) is 0 Å². The SMILES string of the molecule is Nc1ncccc1C(O)c1ccc(Br)s1. The fraction of sp³-hybridized carbons (Fsp3) is 0.100. The number of hydrogen-bond acceptors (Lipinski definition) is 4. The fourth-order valence-corrected chi connectivity index (χ4v) is 2.72. The normalized spacial score (nSPS) is 12.7. The predicted molar refractivity (Wildman–Crippen MR) is 64.7 cm³/mol. The van der Waals surface area contributed by atoms with Gasteiger partial charge in [-0.1, -0.05) is 6.07 Å². The number of halogens is 1. The molecule has 2 heterocycles. The van der Waals surface area contributed by atoms with Gasteiger partial charge in [0.2, 0.25) is 0 Å². The Bertz CT molecular complexity index is 472. The van der Waals surface area contributed by atoms with Crippen LogP contribution in [0.15, 0.2) is 34.2 Å². The summed E-state index contributed by atoms with van der Waals surface area (Å²) in [6.45, 7) is 0. The minimum atomic E-state index is -0.699. The Kier molecular flexibility index (Phi) is 3.04. The lowest BCUT2D eigenvalue weighted by Gasteiger charge is -2.10. The summed E-state index contributed by atoms with van der Waals surface area (Å²) in [5.74, 6) is 0.370. The lowest BCUT2D eigenvalue weighted by atomic mass is 10.1. The zero-order valence-corrected chi connectivity index (χ0v) is 10.1. The first-order valence-corrected chi connectivity index (χ1v) is 5.93. The second kappa shape index (κ2) is 4.30. The summed E-state index contributed by atoms with van der Waals surface area (Å²) in [5.41, 5.74) is 6.33. The van der Waals surface area contributed by atoms with Crippen molar-refractivity contribution in [2.45, 2.75) is 6.10 Å². The summed E-state index contributed by atoms with van der Waals surface area (Å²) in [6.07, 6.45) is 0.908. The van der Waals surface area contributed by atoms with E-state index < -0.39 is 6.10 Å². The van der Waals surface area contributed by atoms with E-state index in [9.17, 15) is 5.11 Å². The van der Waals surface area contributed by atoms with Crippen LogP contribution >= 0.6 is 27.3 Å². The summed E-state index contributed by atoms with van der Waals surface area (Å²) in [7, 11) is 0.